The predicted molar refractivity (Wildman–Crippen MR) is 81.8 cm³/mol. The number of hydrogen-bond acceptors (Lipinski definition) is 3. The van der Waals surface area contributed by atoms with Crippen LogP contribution in [0.25, 0.3) is 5.57 Å². The van der Waals surface area contributed by atoms with E-state index >= 15 is 0 Å². The van der Waals surface area contributed by atoms with Gasteiger partial charge in [0.2, 0.25) is 0 Å². The smallest absolute Gasteiger partial charge is 0.407 e. The highest BCUT2D eigenvalue weighted by Gasteiger charge is 2.21. The Balaban J connectivity index is 1.72. The molecule has 3 rings (SSSR count). The molecule has 22 heavy (non-hydrogen) atoms. The molecular formula is C16H18N2O4. The molecule has 1 N–H and O–H groups in total. The molecule has 2 aliphatic heterocycles. The Bertz CT molecular complexity index is 609. The van der Waals surface area contributed by atoms with E-state index in [-0.39, 0.29) is 12.5 Å². The van der Waals surface area contributed by atoms with Crippen molar-refractivity contribution in [1.29, 1.82) is 0 Å². The zero-order valence-corrected chi connectivity index (χ0v) is 12.2. The van der Waals surface area contributed by atoms with Crippen molar-refractivity contribution in [1.82, 2.24) is 4.90 Å². The maximum atomic E-state index is 11.8. The number of hydrogen-bond donors (Lipinski definition) is 1. The summed E-state index contributed by atoms with van der Waals surface area (Å²) in [5.74, 6) is -0.0204. The van der Waals surface area contributed by atoms with Crippen molar-refractivity contribution >= 4 is 23.3 Å². The van der Waals surface area contributed by atoms with E-state index in [0.717, 1.165) is 16.8 Å². The van der Waals surface area contributed by atoms with Crippen molar-refractivity contribution in [2.45, 2.75) is 6.42 Å². The minimum atomic E-state index is -0.878. The van der Waals surface area contributed by atoms with Crippen LogP contribution in [0.4, 0.5) is 10.5 Å². The zero-order valence-electron chi connectivity index (χ0n) is 12.2. The van der Waals surface area contributed by atoms with Crippen LogP contribution in [0.5, 0.6) is 0 Å². The van der Waals surface area contributed by atoms with E-state index in [9.17, 15) is 9.59 Å². The van der Waals surface area contributed by atoms with Crippen LogP contribution < -0.4 is 4.90 Å². The van der Waals surface area contributed by atoms with Gasteiger partial charge in [0.25, 0.3) is 5.91 Å². The molecule has 0 bridgehead atoms. The molecule has 0 spiro atoms. The van der Waals surface area contributed by atoms with Gasteiger partial charge in [-0.15, -0.1) is 0 Å². The summed E-state index contributed by atoms with van der Waals surface area (Å²) in [4.78, 5) is 25.8. The number of amides is 2. The predicted octanol–water partition coefficient (Wildman–Crippen LogP) is 1.82. The SMILES string of the molecule is O=C(O)N1CC=C(c2ccc(N3CCOCC3=O)cc2)CC1. The van der Waals surface area contributed by atoms with Crippen molar-refractivity contribution in [3.8, 4) is 0 Å². The Morgan fingerprint density at radius 2 is 1.95 bits per heavy atom. The van der Waals surface area contributed by atoms with E-state index in [1.165, 1.54) is 4.90 Å². The Labute approximate surface area is 128 Å². The largest absolute Gasteiger partial charge is 0.465 e. The van der Waals surface area contributed by atoms with Gasteiger partial charge in [-0.2, -0.15) is 0 Å². The number of ether oxygens (including phenoxy) is 1. The monoisotopic (exact) mass is 302 g/mol. The fourth-order valence-electron chi connectivity index (χ4n) is 2.75. The van der Waals surface area contributed by atoms with Gasteiger partial charge in [-0.05, 0) is 29.7 Å². The quantitative estimate of drug-likeness (QED) is 0.904. The molecule has 0 aliphatic carbocycles. The maximum Gasteiger partial charge on any atom is 0.407 e. The van der Waals surface area contributed by atoms with Crippen LogP contribution in [0, 0.1) is 0 Å². The second kappa shape index (κ2) is 6.19. The summed E-state index contributed by atoms with van der Waals surface area (Å²) in [6.07, 6.45) is 1.78. The molecular weight excluding hydrogens is 284 g/mol. The number of carbonyl (C=O) groups excluding carboxylic acids is 1. The van der Waals surface area contributed by atoms with E-state index in [0.29, 0.717) is 32.7 Å². The van der Waals surface area contributed by atoms with Gasteiger partial charge in [0, 0.05) is 25.3 Å². The third-order valence-electron chi connectivity index (χ3n) is 4.02. The second-order valence-corrected chi connectivity index (χ2v) is 5.35. The van der Waals surface area contributed by atoms with Crippen LogP contribution in [-0.4, -0.2) is 54.9 Å². The van der Waals surface area contributed by atoms with Gasteiger partial charge in [-0.3, -0.25) is 4.79 Å². The summed E-state index contributed by atoms with van der Waals surface area (Å²) >= 11 is 0. The Morgan fingerprint density at radius 3 is 2.55 bits per heavy atom. The molecule has 0 atom stereocenters. The first-order valence-electron chi connectivity index (χ1n) is 7.30. The highest BCUT2D eigenvalue weighted by atomic mass is 16.5. The molecule has 2 amide bonds. The number of carbonyl (C=O) groups is 2. The third kappa shape index (κ3) is 2.96. The van der Waals surface area contributed by atoms with Gasteiger partial charge < -0.3 is 19.6 Å². The normalized spacial score (nSPS) is 19.1. The second-order valence-electron chi connectivity index (χ2n) is 5.35. The molecule has 0 aromatic heterocycles. The molecule has 1 fully saturated rings. The molecule has 2 heterocycles. The van der Waals surface area contributed by atoms with Gasteiger partial charge in [-0.1, -0.05) is 18.2 Å². The molecule has 6 heteroatoms. The van der Waals surface area contributed by atoms with Gasteiger partial charge in [0.15, 0.2) is 0 Å². The molecule has 6 nitrogen and oxygen atoms in total. The molecule has 1 saturated heterocycles. The minimum Gasteiger partial charge on any atom is -0.465 e. The van der Waals surface area contributed by atoms with Crippen LogP contribution in [-0.2, 0) is 9.53 Å². The number of rotatable bonds is 2. The average molecular weight is 302 g/mol. The lowest BCUT2D eigenvalue weighted by molar-refractivity contribution is -0.125. The van der Waals surface area contributed by atoms with Crippen molar-refractivity contribution in [2.75, 3.05) is 37.7 Å². The summed E-state index contributed by atoms with van der Waals surface area (Å²) in [6.45, 7) is 2.22. The van der Waals surface area contributed by atoms with Crippen LogP contribution in [0.3, 0.4) is 0 Å². The van der Waals surface area contributed by atoms with E-state index < -0.39 is 6.09 Å². The highest BCUT2D eigenvalue weighted by molar-refractivity contribution is 5.95. The first-order valence-corrected chi connectivity index (χ1v) is 7.30. The number of benzene rings is 1. The lowest BCUT2D eigenvalue weighted by Crippen LogP contribution is -2.41. The van der Waals surface area contributed by atoms with Crippen LogP contribution in [0.15, 0.2) is 30.3 Å². The van der Waals surface area contributed by atoms with Crippen LogP contribution in [0.1, 0.15) is 12.0 Å². The molecule has 0 radical (unpaired) electrons. The molecule has 116 valence electrons. The topological polar surface area (TPSA) is 70.1 Å². The standard InChI is InChI=1S/C16H18N2O4/c19-15-11-22-10-9-18(15)14-3-1-12(2-4-14)13-5-7-17(8-6-13)16(20)21/h1-5H,6-11H2,(H,20,21). The fourth-order valence-corrected chi connectivity index (χ4v) is 2.75. The number of nitrogens with zero attached hydrogens (tertiary/aromatic N) is 2. The van der Waals surface area contributed by atoms with Gasteiger partial charge in [0.1, 0.15) is 6.61 Å². The van der Waals surface area contributed by atoms with Gasteiger partial charge in [0.05, 0.1) is 6.61 Å². The van der Waals surface area contributed by atoms with E-state index in [4.69, 9.17) is 9.84 Å². The lowest BCUT2D eigenvalue weighted by Gasteiger charge is -2.27. The summed E-state index contributed by atoms with van der Waals surface area (Å²) in [5, 5.41) is 8.95. The van der Waals surface area contributed by atoms with Crippen LogP contribution >= 0.6 is 0 Å². The van der Waals surface area contributed by atoms with Crippen molar-refractivity contribution in [3.63, 3.8) is 0 Å². The molecule has 1 aromatic rings. The Hall–Kier alpha value is -2.34. The number of anilines is 1. The van der Waals surface area contributed by atoms with Crippen molar-refractivity contribution in [3.05, 3.63) is 35.9 Å². The third-order valence-corrected chi connectivity index (χ3v) is 4.02. The highest BCUT2D eigenvalue weighted by Crippen LogP contribution is 2.25. The summed E-state index contributed by atoms with van der Waals surface area (Å²) in [7, 11) is 0. The number of carboxylic acid groups (broad SMARTS) is 1. The maximum absolute atomic E-state index is 11.8. The van der Waals surface area contributed by atoms with E-state index in [1.54, 1.807) is 4.90 Å². The lowest BCUT2D eigenvalue weighted by atomic mass is 9.99. The average Bonchev–Trinajstić information content (AvgIpc) is 2.56. The Morgan fingerprint density at radius 1 is 1.18 bits per heavy atom. The van der Waals surface area contributed by atoms with Crippen LogP contribution in [0.2, 0.25) is 0 Å². The molecule has 2 aliphatic rings. The summed E-state index contributed by atoms with van der Waals surface area (Å²) in [6, 6.07) is 7.84. The molecule has 0 saturated carbocycles. The minimum absolute atomic E-state index is 0.0204. The van der Waals surface area contributed by atoms with E-state index in [1.807, 2.05) is 30.3 Å². The van der Waals surface area contributed by atoms with Crippen molar-refractivity contribution < 1.29 is 19.4 Å². The molecule has 1 aromatic carbocycles. The van der Waals surface area contributed by atoms with E-state index in [2.05, 4.69) is 0 Å². The zero-order chi connectivity index (χ0) is 15.5. The molecule has 0 unspecified atom stereocenters. The Kier molecular flexibility index (Phi) is 4.11. The summed E-state index contributed by atoms with van der Waals surface area (Å²) < 4.78 is 5.13. The summed E-state index contributed by atoms with van der Waals surface area (Å²) in [5.41, 5.74) is 3.10. The van der Waals surface area contributed by atoms with Gasteiger partial charge in [-0.25, -0.2) is 4.79 Å². The first kappa shape index (κ1) is 14.6. The van der Waals surface area contributed by atoms with Crippen molar-refractivity contribution in [2.24, 2.45) is 0 Å². The number of morpholine rings is 1. The van der Waals surface area contributed by atoms with Gasteiger partial charge >= 0.3 is 6.09 Å². The fraction of sp³-hybridized carbons (Fsp3) is 0.375. The first-order chi connectivity index (χ1) is 10.6.